The first-order valence-corrected chi connectivity index (χ1v) is 4.74. The van der Waals surface area contributed by atoms with E-state index in [0.29, 0.717) is 13.1 Å². The quantitative estimate of drug-likeness (QED) is 0.729. The van der Waals surface area contributed by atoms with Crippen molar-refractivity contribution in [3.63, 3.8) is 0 Å². The van der Waals surface area contributed by atoms with Crippen LogP contribution < -0.4 is 10.1 Å². The van der Waals surface area contributed by atoms with Crippen molar-refractivity contribution in [1.29, 1.82) is 0 Å². The predicted molar refractivity (Wildman–Crippen MR) is 54.5 cm³/mol. The molecule has 0 amide bonds. The van der Waals surface area contributed by atoms with Gasteiger partial charge in [-0.1, -0.05) is 6.07 Å². The summed E-state index contributed by atoms with van der Waals surface area (Å²) in [5.41, 5.74) is 1.40. The summed E-state index contributed by atoms with van der Waals surface area (Å²) in [5, 5.41) is 13.2. The largest absolute Gasteiger partial charge is 0.497 e. The fourth-order valence-corrected chi connectivity index (χ4v) is 1.84. The van der Waals surface area contributed by atoms with Gasteiger partial charge in [-0.15, -0.1) is 0 Å². The normalized spacial score (nSPS) is 18.8. The van der Waals surface area contributed by atoms with Gasteiger partial charge in [-0.05, 0) is 30.2 Å². The molecule has 1 fully saturated rings. The Morgan fingerprint density at radius 1 is 1.43 bits per heavy atom. The number of rotatable bonds is 2. The van der Waals surface area contributed by atoms with Gasteiger partial charge in [-0.25, -0.2) is 0 Å². The zero-order chi connectivity index (χ0) is 10.2. The molecular formula is C11H15NO2. The number of benzene rings is 1. The van der Waals surface area contributed by atoms with E-state index in [0.717, 1.165) is 16.9 Å². The number of aryl methyl sites for hydroxylation is 1. The van der Waals surface area contributed by atoms with E-state index < -0.39 is 5.60 Å². The molecule has 1 aromatic carbocycles. The SMILES string of the molecule is COc1ccc(C2(O)CNC2)c(C)c1. The molecule has 0 aromatic heterocycles. The maximum Gasteiger partial charge on any atom is 0.119 e. The number of methoxy groups -OCH3 is 1. The average molecular weight is 193 g/mol. The Balaban J connectivity index is 2.35. The Bertz CT molecular complexity index is 345. The van der Waals surface area contributed by atoms with Crippen LogP contribution in [0.2, 0.25) is 0 Å². The van der Waals surface area contributed by atoms with Gasteiger partial charge in [0.2, 0.25) is 0 Å². The summed E-state index contributed by atoms with van der Waals surface area (Å²) < 4.78 is 5.12. The monoisotopic (exact) mass is 193 g/mol. The average Bonchev–Trinajstić information content (AvgIpc) is 2.14. The van der Waals surface area contributed by atoms with Crippen LogP contribution in [-0.2, 0) is 5.60 Å². The van der Waals surface area contributed by atoms with Crippen LogP contribution in [0.25, 0.3) is 0 Å². The number of hydrogen-bond donors (Lipinski definition) is 2. The lowest BCUT2D eigenvalue weighted by atomic mass is 9.85. The summed E-state index contributed by atoms with van der Waals surface area (Å²) in [7, 11) is 1.65. The minimum Gasteiger partial charge on any atom is -0.497 e. The number of aliphatic hydroxyl groups is 1. The molecule has 0 spiro atoms. The lowest BCUT2D eigenvalue weighted by Crippen LogP contribution is -2.57. The van der Waals surface area contributed by atoms with Crippen LogP contribution in [0, 0.1) is 6.92 Å². The summed E-state index contributed by atoms with van der Waals surface area (Å²) in [6.45, 7) is 3.27. The van der Waals surface area contributed by atoms with E-state index in [1.165, 1.54) is 0 Å². The van der Waals surface area contributed by atoms with Gasteiger partial charge in [0, 0.05) is 13.1 Å². The molecule has 76 valence electrons. The van der Waals surface area contributed by atoms with Gasteiger partial charge >= 0.3 is 0 Å². The molecule has 1 aromatic rings. The maximum atomic E-state index is 10.1. The topological polar surface area (TPSA) is 41.5 Å². The molecule has 1 aliphatic rings. The molecule has 1 heterocycles. The first-order valence-electron chi connectivity index (χ1n) is 4.74. The van der Waals surface area contributed by atoms with Gasteiger partial charge in [-0.3, -0.25) is 0 Å². The molecule has 0 bridgehead atoms. The molecule has 3 heteroatoms. The van der Waals surface area contributed by atoms with Crippen LogP contribution in [0.5, 0.6) is 5.75 Å². The molecule has 3 nitrogen and oxygen atoms in total. The van der Waals surface area contributed by atoms with Gasteiger partial charge in [0.1, 0.15) is 11.4 Å². The van der Waals surface area contributed by atoms with Gasteiger partial charge < -0.3 is 15.2 Å². The Kier molecular flexibility index (Phi) is 2.21. The van der Waals surface area contributed by atoms with E-state index in [-0.39, 0.29) is 0 Å². The highest BCUT2D eigenvalue weighted by Gasteiger charge is 2.37. The number of ether oxygens (including phenoxy) is 1. The van der Waals surface area contributed by atoms with Crippen LogP contribution in [0.4, 0.5) is 0 Å². The summed E-state index contributed by atoms with van der Waals surface area (Å²) >= 11 is 0. The number of β-amino-alcohol motifs (C(OH)–C–C–N with tert-alkyl or cyclic N) is 1. The highest BCUT2D eigenvalue weighted by Crippen LogP contribution is 2.30. The fraction of sp³-hybridized carbons (Fsp3) is 0.455. The Morgan fingerprint density at radius 2 is 2.14 bits per heavy atom. The standard InChI is InChI=1S/C11H15NO2/c1-8-5-9(14-2)3-4-10(8)11(13)6-12-7-11/h3-5,12-13H,6-7H2,1-2H3. The van der Waals surface area contributed by atoms with Crippen molar-refractivity contribution in [3.05, 3.63) is 29.3 Å². The van der Waals surface area contributed by atoms with Gasteiger partial charge in [-0.2, -0.15) is 0 Å². The highest BCUT2D eigenvalue weighted by molar-refractivity contribution is 5.39. The molecule has 0 saturated carbocycles. The van der Waals surface area contributed by atoms with E-state index in [1.54, 1.807) is 7.11 Å². The van der Waals surface area contributed by atoms with Crippen LogP contribution in [0.3, 0.4) is 0 Å². The Hall–Kier alpha value is -1.06. The summed E-state index contributed by atoms with van der Waals surface area (Å²) in [6, 6.07) is 5.78. The summed E-state index contributed by atoms with van der Waals surface area (Å²) in [4.78, 5) is 0. The van der Waals surface area contributed by atoms with Gasteiger partial charge in [0.05, 0.1) is 7.11 Å². The lowest BCUT2D eigenvalue weighted by Gasteiger charge is -2.39. The Morgan fingerprint density at radius 3 is 2.57 bits per heavy atom. The molecule has 0 aliphatic carbocycles. The summed E-state index contributed by atoms with van der Waals surface area (Å²) in [6.07, 6.45) is 0. The van der Waals surface area contributed by atoms with Crippen molar-refractivity contribution in [2.75, 3.05) is 20.2 Å². The van der Waals surface area contributed by atoms with Crippen LogP contribution >= 0.6 is 0 Å². The van der Waals surface area contributed by atoms with Crippen LogP contribution in [0.1, 0.15) is 11.1 Å². The van der Waals surface area contributed by atoms with E-state index in [1.807, 2.05) is 25.1 Å². The highest BCUT2D eigenvalue weighted by atomic mass is 16.5. The minimum absolute atomic E-state index is 0.639. The van der Waals surface area contributed by atoms with Crippen molar-refractivity contribution in [3.8, 4) is 5.75 Å². The predicted octanol–water partition coefficient (Wildman–Crippen LogP) is 0.794. The molecular weight excluding hydrogens is 178 g/mol. The van der Waals surface area contributed by atoms with Crippen LogP contribution in [-0.4, -0.2) is 25.3 Å². The third-order valence-electron chi connectivity index (χ3n) is 2.77. The smallest absolute Gasteiger partial charge is 0.119 e. The van der Waals surface area contributed by atoms with Crippen LogP contribution in [0.15, 0.2) is 18.2 Å². The van der Waals surface area contributed by atoms with Crippen molar-refractivity contribution in [2.24, 2.45) is 0 Å². The third kappa shape index (κ3) is 1.38. The first-order chi connectivity index (χ1) is 6.65. The zero-order valence-corrected chi connectivity index (χ0v) is 8.50. The lowest BCUT2D eigenvalue weighted by molar-refractivity contribution is -0.0152. The molecule has 2 rings (SSSR count). The maximum absolute atomic E-state index is 10.1. The second kappa shape index (κ2) is 3.26. The number of hydrogen-bond acceptors (Lipinski definition) is 3. The van der Waals surface area contributed by atoms with Crippen molar-refractivity contribution >= 4 is 0 Å². The first kappa shape index (κ1) is 9.49. The Labute approximate surface area is 83.7 Å². The van der Waals surface area contributed by atoms with E-state index in [2.05, 4.69) is 5.32 Å². The van der Waals surface area contributed by atoms with E-state index >= 15 is 0 Å². The van der Waals surface area contributed by atoms with Crippen molar-refractivity contribution in [1.82, 2.24) is 5.32 Å². The molecule has 0 atom stereocenters. The van der Waals surface area contributed by atoms with Crippen molar-refractivity contribution in [2.45, 2.75) is 12.5 Å². The molecule has 0 radical (unpaired) electrons. The third-order valence-corrected chi connectivity index (χ3v) is 2.77. The van der Waals surface area contributed by atoms with E-state index in [4.69, 9.17) is 4.74 Å². The molecule has 2 N–H and O–H groups in total. The zero-order valence-electron chi connectivity index (χ0n) is 8.50. The molecule has 1 aliphatic heterocycles. The number of nitrogens with one attached hydrogen (secondary N) is 1. The minimum atomic E-state index is -0.670. The molecule has 0 unspecified atom stereocenters. The molecule has 1 saturated heterocycles. The second-order valence-electron chi connectivity index (χ2n) is 3.82. The van der Waals surface area contributed by atoms with E-state index in [9.17, 15) is 5.11 Å². The second-order valence-corrected chi connectivity index (χ2v) is 3.82. The van der Waals surface area contributed by atoms with Gasteiger partial charge in [0.15, 0.2) is 0 Å². The molecule has 14 heavy (non-hydrogen) atoms. The fourth-order valence-electron chi connectivity index (χ4n) is 1.84. The van der Waals surface area contributed by atoms with Crippen molar-refractivity contribution < 1.29 is 9.84 Å². The summed E-state index contributed by atoms with van der Waals surface area (Å²) in [5.74, 6) is 0.835. The van der Waals surface area contributed by atoms with Gasteiger partial charge in [0.25, 0.3) is 0 Å².